The van der Waals surface area contributed by atoms with Crippen molar-refractivity contribution in [2.75, 3.05) is 0 Å². The second-order valence-corrected chi connectivity index (χ2v) is 7.77. The Bertz CT molecular complexity index is 1540. The Labute approximate surface area is 191 Å². The molecule has 6 heteroatoms. The van der Waals surface area contributed by atoms with Gasteiger partial charge in [0.15, 0.2) is 11.6 Å². The highest BCUT2D eigenvalue weighted by atomic mass is 16.2. The monoisotopic (exact) mass is 425 g/mol. The first-order chi connectivity index (χ1) is 16.3. The minimum absolute atomic E-state index is 0.551. The summed E-state index contributed by atoms with van der Waals surface area (Å²) in [5.74, 6) is 1.78. The molecule has 0 aliphatic carbocycles. The Hall–Kier alpha value is -4.29. The zero-order valence-corrected chi connectivity index (χ0v) is 17.6. The first kappa shape index (κ1) is 19.4. The number of fused-ring (bicyclic) bond motifs is 3. The molecule has 0 saturated carbocycles. The van der Waals surface area contributed by atoms with E-state index < -0.39 is 0 Å². The van der Waals surface area contributed by atoms with Crippen LogP contribution in [0.4, 0.5) is 0 Å². The van der Waals surface area contributed by atoms with Crippen molar-refractivity contribution >= 4 is 34.8 Å². The molecule has 155 valence electrons. The van der Waals surface area contributed by atoms with Crippen molar-refractivity contribution < 1.29 is 5.02 Å². The van der Waals surface area contributed by atoms with Crippen molar-refractivity contribution in [3.8, 4) is 28.7 Å². The summed E-state index contributed by atoms with van der Waals surface area (Å²) in [6.45, 7) is 0. The largest absolute Gasteiger partial charge is 0.450 e. The quantitative estimate of drug-likeness (QED) is 0.422. The van der Waals surface area contributed by atoms with E-state index in [1.165, 1.54) is 0 Å². The second-order valence-electron chi connectivity index (χ2n) is 7.77. The highest BCUT2D eigenvalue weighted by Gasteiger charge is 2.17. The molecule has 0 aliphatic heterocycles. The summed E-state index contributed by atoms with van der Waals surface area (Å²) in [6, 6.07) is 33.9. The van der Waals surface area contributed by atoms with E-state index in [0.29, 0.717) is 17.6 Å². The summed E-state index contributed by atoms with van der Waals surface area (Å²) in [5, 5.41) is 11.6. The topological polar surface area (TPSA) is 63.8 Å². The molecule has 0 fully saturated rings. The van der Waals surface area contributed by atoms with E-state index in [1.807, 2.05) is 91.0 Å². The van der Waals surface area contributed by atoms with Gasteiger partial charge in [-0.1, -0.05) is 96.5 Å². The maximum atomic E-state index is 9.55. The highest BCUT2D eigenvalue weighted by molar-refractivity contribution is 6.46. The molecule has 5 nitrogen and oxygen atoms in total. The van der Waals surface area contributed by atoms with Crippen LogP contribution in [-0.2, 0) is 0 Å². The molecule has 2 aromatic heterocycles. The van der Waals surface area contributed by atoms with Crippen LogP contribution in [0.3, 0.4) is 0 Å². The van der Waals surface area contributed by atoms with Crippen molar-refractivity contribution in [1.82, 2.24) is 19.5 Å². The van der Waals surface area contributed by atoms with Crippen molar-refractivity contribution in [2.45, 2.75) is 0 Å². The predicted molar refractivity (Wildman–Crippen MR) is 133 cm³/mol. The molecule has 4 aromatic carbocycles. The second kappa shape index (κ2) is 8.00. The van der Waals surface area contributed by atoms with Crippen LogP contribution in [0.1, 0.15) is 0 Å². The molecular formula is C27H18BN4O. The maximum absolute atomic E-state index is 9.55. The number of hydrogen-bond acceptors (Lipinski definition) is 4. The third kappa shape index (κ3) is 3.37. The molecule has 33 heavy (non-hydrogen) atoms. The molecule has 0 spiro atoms. The van der Waals surface area contributed by atoms with Crippen molar-refractivity contribution in [3.63, 3.8) is 0 Å². The summed E-state index contributed by atoms with van der Waals surface area (Å²) in [7, 11) is 1.12. The Balaban J connectivity index is 1.68. The van der Waals surface area contributed by atoms with E-state index in [4.69, 9.17) is 15.0 Å². The van der Waals surface area contributed by atoms with Gasteiger partial charge in [0.2, 0.25) is 5.95 Å². The molecule has 0 aliphatic rings. The lowest BCUT2D eigenvalue weighted by molar-refractivity contribution is 0.615. The lowest BCUT2D eigenvalue weighted by atomic mass is 9.88. The third-order valence-electron chi connectivity index (χ3n) is 5.73. The summed E-state index contributed by atoms with van der Waals surface area (Å²) in [5.41, 5.74) is 4.56. The Morgan fingerprint density at radius 3 is 1.79 bits per heavy atom. The van der Waals surface area contributed by atoms with E-state index >= 15 is 0 Å². The van der Waals surface area contributed by atoms with E-state index in [-0.39, 0.29) is 0 Å². The lowest BCUT2D eigenvalue weighted by Gasteiger charge is -2.10. The van der Waals surface area contributed by atoms with Crippen LogP contribution in [0, 0.1) is 0 Å². The van der Waals surface area contributed by atoms with Gasteiger partial charge >= 0.3 is 7.48 Å². The molecule has 0 saturated heterocycles. The number of hydrogen-bond donors (Lipinski definition) is 1. The fraction of sp³-hybridized carbons (Fsp3) is 0. The molecule has 0 bridgehead atoms. The number of rotatable bonds is 4. The molecule has 2 heterocycles. The van der Waals surface area contributed by atoms with Crippen LogP contribution in [0.25, 0.3) is 50.5 Å². The van der Waals surface area contributed by atoms with E-state index in [2.05, 4.69) is 16.7 Å². The molecule has 0 unspecified atom stereocenters. The third-order valence-corrected chi connectivity index (χ3v) is 5.73. The fourth-order valence-electron chi connectivity index (χ4n) is 4.18. The minimum Gasteiger partial charge on any atom is -0.450 e. The predicted octanol–water partition coefficient (Wildman–Crippen LogP) is 4.54. The maximum Gasteiger partial charge on any atom is 0.326 e. The summed E-state index contributed by atoms with van der Waals surface area (Å²) < 4.78 is 2.06. The average Bonchev–Trinajstić information content (AvgIpc) is 3.23. The first-order valence-corrected chi connectivity index (χ1v) is 10.7. The van der Waals surface area contributed by atoms with Crippen LogP contribution >= 0.6 is 0 Å². The number of aromatic nitrogens is 4. The van der Waals surface area contributed by atoms with Gasteiger partial charge in [-0.15, -0.1) is 0 Å². The molecule has 0 atom stereocenters. The number of para-hydroxylation sites is 1. The van der Waals surface area contributed by atoms with Gasteiger partial charge in [-0.25, -0.2) is 4.98 Å². The van der Waals surface area contributed by atoms with Gasteiger partial charge in [-0.3, -0.25) is 4.57 Å². The number of nitrogens with zero attached hydrogens (tertiary/aromatic N) is 4. The van der Waals surface area contributed by atoms with E-state index in [9.17, 15) is 5.02 Å². The minimum atomic E-state index is 0.551. The smallest absolute Gasteiger partial charge is 0.326 e. The zero-order valence-electron chi connectivity index (χ0n) is 17.6. The fourth-order valence-corrected chi connectivity index (χ4v) is 4.18. The van der Waals surface area contributed by atoms with Gasteiger partial charge in [0.25, 0.3) is 0 Å². The van der Waals surface area contributed by atoms with Crippen molar-refractivity contribution in [2.24, 2.45) is 0 Å². The summed E-state index contributed by atoms with van der Waals surface area (Å²) in [6.07, 6.45) is 0. The Kier molecular flexibility index (Phi) is 4.71. The van der Waals surface area contributed by atoms with Crippen LogP contribution in [0.2, 0.25) is 0 Å². The summed E-state index contributed by atoms with van der Waals surface area (Å²) in [4.78, 5) is 14.6. The molecule has 1 radical (unpaired) electrons. The van der Waals surface area contributed by atoms with Crippen molar-refractivity contribution in [1.29, 1.82) is 0 Å². The van der Waals surface area contributed by atoms with Crippen LogP contribution < -0.4 is 5.46 Å². The molecule has 6 rings (SSSR count). The van der Waals surface area contributed by atoms with Gasteiger partial charge in [-0.2, -0.15) is 9.97 Å². The van der Waals surface area contributed by atoms with Gasteiger partial charge in [0.05, 0.1) is 11.0 Å². The first-order valence-electron chi connectivity index (χ1n) is 10.7. The Morgan fingerprint density at radius 1 is 0.576 bits per heavy atom. The van der Waals surface area contributed by atoms with Crippen LogP contribution in [0.5, 0.6) is 0 Å². The van der Waals surface area contributed by atoms with Gasteiger partial charge < -0.3 is 5.02 Å². The zero-order chi connectivity index (χ0) is 22.2. The Morgan fingerprint density at radius 2 is 1.15 bits per heavy atom. The van der Waals surface area contributed by atoms with Gasteiger partial charge in [0, 0.05) is 21.9 Å². The highest BCUT2D eigenvalue weighted by Crippen LogP contribution is 2.31. The normalized spacial score (nSPS) is 11.2. The molecular weight excluding hydrogens is 407 g/mol. The van der Waals surface area contributed by atoms with E-state index in [1.54, 1.807) is 0 Å². The van der Waals surface area contributed by atoms with Gasteiger partial charge in [-0.05, 0) is 12.1 Å². The average molecular weight is 425 g/mol. The SMILES string of the molecule is O[B]c1ccc2c(c1)c1ccccc1n2-c1nc(-c2ccccc2)nc(-c2ccccc2)n1. The van der Waals surface area contributed by atoms with E-state index in [0.717, 1.165) is 45.9 Å². The van der Waals surface area contributed by atoms with Crippen LogP contribution in [-0.4, -0.2) is 32.0 Å². The van der Waals surface area contributed by atoms with Gasteiger partial charge in [0.1, 0.15) is 0 Å². The van der Waals surface area contributed by atoms with Crippen LogP contribution in [0.15, 0.2) is 103 Å². The molecule has 1 N–H and O–H groups in total. The van der Waals surface area contributed by atoms with Crippen molar-refractivity contribution in [3.05, 3.63) is 103 Å². The standard InChI is InChI=1S/C27H18BN4O/c33-28-20-15-16-24-22(17-20)21-13-7-8-14-23(21)32(24)27-30-25(18-9-3-1-4-10-18)29-26(31-27)19-11-5-2-6-12-19/h1-17,33H. The number of benzene rings is 4. The lowest BCUT2D eigenvalue weighted by Crippen LogP contribution is -2.12. The molecule has 0 amide bonds. The summed E-state index contributed by atoms with van der Waals surface area (Å²) >= 11 is 0. The molecule has 6 aromatic rings.